The van der Waals surface area contributed by atoms with E-state index in [0.717, 1.165) is 38.2 Å². The predicted molar refractivity (Wildman–Crippen MR) is 127 cm³/mol. The average molecular weight is 476 g/mol. The van der Waals surface area contributed by atoms with Crippen molar-refractivity contribution in [1.29, 1.82) is 0 Å². The summed E-state index contributed by atoms with van der Waals surface area (Å²) in [6, 6.07) is 10.6. The second kappa shape index (κ2) is 11.9. The second-order valence-electron chi connectivity index (χ2n) is 7.78. The van der Waals surface area contributed by atoms with Crippen LogP contribution in [0.1, 0.15) is 22.3 Å². The van der Waals surface area contributed by atoms with Gasteiger partial charge >= 0.3 is 5.97 Å². The molecular weight excluding hydrogens is 446 g/mol. The molecule has 0 unspecified atom stereocenters. The number of para-hydroxylation sites is 1. The number of rotatable bonds is 8. The molecule has 1 fully saturated rings. The van der Waals surface area contributed by atoms with E-state index in [4.69, 9.17) is 25.8 Å². The summed E-state index contributed by atoms with van der Waals surface area (Å²) in [5, 5.41) is 3.39. The second-order valence-corrected chi connectivity index (χ2v) is 8.19. The van der Waals surface area contributed by atoms with E-state index in [9.17, 15) is 9.59 Å². The summed E-state index contributed by atoms with van der Waals surface area (Å²) in [7, 11) is 4.47. The molecule has 0 spiro atoms. The van der Waals surface area contributed by atoms with Crippen LogP contribution in [0, 0.1) is 0 Å². The van der Waals surface area contributed by atoms with Crippen LogP contribution in [0.4, 0.5) is 5.69 Å². The maximum Gasteiger partial charge on any atom is 0.338 e. The van der Waals surface area contributed by atoms with E-state index in [2.05, 4.69) is 15.1 Å². The fourth-order valence-electron chi connectivity index (χ4n) is 3.89. The summed E-state index contributed by atoms with van der Waals surface area (Å²) in [5.74, 6) is 0.578. The molecule has 0 atom stereocenters. The van der Waals surface area contributed by atoms with Crippen LogP contribution < -0.4 is 14.8 Å². The van der Waals surface area contributed by atoms with Crippen molar-refractivity contribution in [3.05, 3.63) is 52.5 Å². The number of carbonyl (C=O) groups is 2. The molecule has 2 aromatic rings. The number of hydrogen-bond acceptors (Lipinski definition) is 7. The number of carbonyl (C=O) groups excluding carboxylic acids is 2. The molecule has 0 bridgehead atoms. The van der Waals surface area contributed by atoms with Gasteiger partial charge in [0, 0.05) is 31.3 Å². The van der Waals surface area contributed by atoms with Gasteiger partial charge in [-0.15, -0.1) is 0 Å². The molecule has 0 saturated carbocycles. The van der Waals surface area contributed by atoms with Gasteiger partial charge in [0.15, 0.2) is 0 Å². The fraction of sp³-hybridized carbons (Fsp3) is 0.417. The van der Waals surface area contributed by atoms with Gasteiger partial charge in [0.1, 0.15) is 11.5 Å². The van der Waals surface area contributed by atoms with Crippen molar-refractivity contribution in [2.45, 2.75) is 13.0 Å². The van der Waals surface area contributed by atoms with Gasteiger partial charge in [0.05, 0.1) is 44.1 Å². The van der Waals surface area contributed by atoms with Crippen LogP contribution in [0.15, 0.2) is 36.4 Å². The Morgan fingerprint density at radius 2 is 1.73 bits per heavy atom. The standard InChI is InChI=1S/C24H30ClN3O5/c1-31-17-13-18(24(30)33-3)19(22(14-17)32-2)15-27-9-6-10-28(12-11-27)16-23(29)26-21-8-5-4-7-20(21)25/h4-5,7-8,13-14H,6,9-12,15-16H2,1-3H3,(H,26,29). The SMILES string of the molecule is COC(=O)c1cc(OC)cc(OC)c1CN1CCCN(CC(=O)Nc2ccccc2Cl)CC1. The number of amides is 1. The van der Waals surface area contributed by atoms with Gasteiger partial charge in [-0.2, -0.15) is 0 Å². The monoisotopic (exact) mass is 475 g/mol. The first-order chi connectivity index (χ1) is 15.9. The zero-order chi connectivity index (χ0) is 23.8. The number of nitrogens with one attached hydrogen (secondary N) is 1. The summed E-state index contributed by atoms with van der Waals surface area (Å²) in [4.78, 5) is 29.3. The third-order valence-electron chi connectivity index (χ3n) is 5.62. The van der Waals surface area contributed by atoms with Crippen LogP contribution in [0.5, 0.6) is 11.5 Å². The van der Waals surface area contributed by atoms with Crippen LogP contribution in [0.2, 0.25) is 5.02 Å². The molecule has 1 N–H and O–H groups in total. The predicted octanol–water partition coefficient (Wildman–Crippen LogP) is 3.29. The van der Waals surface area contributed by atoms with Crippen molar-refractivity contribution < 1.29 is 23.8 Å². The molecule has 0 aliphatic carbocycles. The van der Waals surface area contributed by atoms with Crippen molar-refractivity contribution in [2.24, 2.45) is 0 Å². The third-order valence-corrected chi connectivity index (χ3v) is 5.95. The number of ether oxygens (including phenoxy) is 3. The number of esters is 1. The van der Waals surface area contributed by atoms with Gasteiger partial charge in [-0.1, -0.05) is 23.7 Å². The molecule has 0 radical (unpaired) electrons. The molecule has 1 amide bonds. The Labute approximate surface area is 199 Å². The Balaban J connectivity index is 1.65. The lowest BCUT2D eigenvalue weighted by Crippen LogP contribution is -2.36. The highest BCUT2D eigenvalue weighted by atomic mass is 35.5. The first-order valence-electron chi connectivity index (χ1n) is 10.8. The van der Waals surface area contributed by atoms with Gasteiger partial charge < -0.3 is 19.5 Å². The molecule has 1 aliphatic heterocycles. The van der Waals surface area contributed by atoms with Crippen LogP contribution in [-0.4, -0.2) is 75.7 Å². The topological polar surface area (TPSA) is 80.3 Å². The van der Waals surface area contributed by atoms with E-state index in [1.54, 1.807) is 38.5 Å². The smallest absolute Gasteiger partial charge is 0.338 e. The van der Waals surface area contributed by atoms with Crippen LogP contribution in [0.3, 0.4) is 0 Å². The Kier molecular flexibility index (Phi) is 8.94. The van der Waals surface area contributed by atoms with Gasteiger partial charge in [0.2, 0.25) is 5.91 Å². The normalized spacial score (nSPS) is 14.9. The van der Waals surface area contributed by atoms with Gasteiger partial charge in [-0.25, -0.2) is 4.79 Å². The zero-order valence-electron chi connectivity index (χ0n) is 19.2. The maximum atomic E-state index is 12.5. The van der Waals surface area contributed by atoms with Crippen LogP contribution in [0.25, 0.3) is 0 Å². The Hall–Kier alpha value is -2.81. The summed E-state index contributed by atoms with van der Waals surface area (Å²) in [5.41, 5.74) is 1.80. The van der Waals surface area contributed by atoms with E-state index in [-0.39, 0.29) is 5.91 Å². The largest absolute Gasteiger partial charge is 0.497 e. The summed E-state index contributed by atoms with van der Waals surface area (Å²) in [6.45, 7) is 3.92. The summed E-state index contributed by atoms with van der Waals surface area (Å²) >= 11 is 6.14. The van der Waals surface area contributed by atoms with Crippen molar-refractivity contribution in [3.8, 4) is 11.5 Å². The van der Waals surface area contributed by atoms with Crippen molar-refractivity contribution in [1.82, 2.24) is 9.80 Å². The summed E-state index contributed by atoms with van der Waals surface area (Å²) < 4.78 is 15.8. The molecule has 8 nitrogen and oxygen atoms in total. The van der Waals surface area contributed by atoms with Crippen LogP contribution in [-0.2, 0) is 16.1 Å². The van der Waals surface area contributed by atoms with E-state index in [1.807, 2.05) is 12.1 Å². The molecule has 2 aromatic carbocycles. The highest BCUT2D eigenvalue weighted by Crippen LogP contribution is 2.31. The molecule has 3 rings (SSSR count). The minimum absolute atomic E-state index is 0.0960. The van der Waals surface area contributed by atoms with Crippen molar-refractivity contribution in [3.63, 3.8) is 0 Å². The lowest BCUT2D eigenvalue weighted by Gasteiger charge is -2.24. The lowest BCUT2D eigenvalue weighted by molar-refractivity contribution is -0.117. The minimum atomic E-state index is -0.435. The first-order valence-corrected chi connectivity index (χ1v) is 11.1. The molecule has 9 heteroatoms. The average Bonchev–Trinajstić information content (AvgIpc) is 3.04. The van der Waals surface area contributed by atoms with Gasteiger partial charge in [-0.3, -0.25) is 14.6 Å². The zero-order valence-corrected chi connectivity index (χ0v) is 20.0. The number of nitrogens with zero attached hydrogens (tertiary/aromatic N) is 2. The molecule has 1 saturated heterocycles. The number of methoxy groups -OCH3 is 3. The van der Waals surface area contributed by atoms with Gasteiger partial charge in [0.25, 0.3) is 0 Å². The lowest BCUT2D eigenvalue weighted by atomic mass is 10.0. The van der Waals surface area contributed by atoms with Crippen LogP contribution >= 0.6 is 11.6 Å². The number of hydrogen-bond donors (Lipinski definition) is 1. The van der Waals surface area contributed by atoms with E-state index in [1.165, 1.54) is 7.11 Å². The van der Waals surface area contributed by atoms with E-state index in [0.29, 0.717) is 40.9 Å². The van der Waals surface area contributed by atoms with E-state index < -0.39 is 5.97 Å². The maximum absolute atomic E-state index is 12.5. The highest BCUT2D eigenvalue weighted by molar-refractivity contribution is 6.33. The summed E-state index contributed by atoms with van der Waals surface area (Å²) in [6.07, 6.45) is 0.894. The third kappa shape index (κ3) is 6.60. The number of halogens is 1. The van der Waals surface area contributed by atoms with Crippen molar-refractivity contribution in [2.75, 3.05) is 59.4 Å². The molecule has 33 heavy (non-hydrogen) atoms. The molecule has 0 aromatic heterocycles. The Morgan fingerprint density at radius 1 is 1.00 bits per heavy atom. The quantitative estimate of drug-likeness (QED) is 0.587. The molecular formula is C24H30ClN3O5. The molecule has 1 aliphatic rings. The Bertz CT molecular complexity index is 985. The van der Waals surface area contributed by atoms with Gasteiger partial charge in [-0.05, 0) is 37.7 Å². The van der Waals surface area contributed by atoms with Crippen molar-refractivity contribution >= 4 is 29.2 Å². The number of anilines is 1. The Morgan fingerprint density at radius 3 is 2.42 bits per heavy atom. The first kappa shape index (κ1) is 24.8. The fourth-order valence-corrected chi connectivity index (χ4v) is 4.08. The minimum Gasteiger partial charge on any atom is -0.497 e. The molecule has 178 valence electrons. The van der Waals surface area contributed by atoms with E-state index >= 15 is 0 Å². The molecule has 1 heterocycles. The number of benzene rings is 2. The highest BCUT2D eigenvalue weighted by Gasteiger charge is 2.23.